The van der Waals surface area contributed by atoms with Crippen molar-refractivity contribution in [2.24, 2.45) is 5.41 Å². The monoisotopic (exact) mass is 364 g/mol. The average Bonchev–Trinajstić information content (AvgIpc) is 3.26. The van der Waals surface area contributed by atoms with Gasteiger partial charge in [-0.1, -0.05) is 19.1 Å². The molecule has 0 radical (unpaired) electrons. The summed E-state index contributed by atoms with van der Waals surface area (Å²) in [7, 11) is 4.03. The van der Waals surface area contributed by atoms with Crippen molar-refractivity contribution in [1.29, 1.82) is 0 Å². The number of benzene rings is 1. The number of likely N-dealkylation sites (tertiary alicyclic amines) is 1. The van der Waals surface area contributed by atoms with Crippen LogP contribution in [-0.4, -0.2) is 69.0 Å². The minimum atomic E-state index is 0.0439. The summed E-state index contributed by atoms with van der Waals surface area (Å²) in [5.74, 6) is 0.600. The van der Waals surface area contributed by atoms with Crippen LogP contribution in [0, 0.1) is 5.41 Å². The van der Waals surface area contributed by atoms with E-state index in [1.165, 1.54) is 6.33 Å². The molecule has 0 saturated carbocycles. The predicted octanol–water partition coefficient (Wildman–Crippen LogP) is 2.21. The minimum absolute atomic E-state index is 0.0439. The highest BCUT2D eigenvalue weighted by atomic mass is 16.2. The summed E-state index contributed by atoms with van der Waals surface area (Å²) in [5, 5.41) is 4.13. The quantitative estimate of drug-likeness (QED) is 0.710. The summed E-state index contributed by atoms with van der Waals surface area (Å²) < 4.78 is 1.63. The van der Waals surface area contributed by atoms with Gasteiger partial charge in [0.25, 0.3) is 11.7 Å². The lowest BCUT2D eigenvalue weighted by molar-refractivity contribution is 0.0730. The van der Waals surface area contributed by atoms with Gasteiger partial charge in [-0.3, -0.25) is 4.79 Å². The highest BCUT2D eigenvalue weighted by Gasteiger charge is 2.34. The summed E-state index contributed by atoms with van der Waals surface area (Å²) in [6.07, 6.45) is 6.22. The van der Waals surface area contributed by atoms with E-state index >= 15 is 0 Å². The number of fused-ring (bicyclic) bond motifs is 1. The Balaban J connectivity index is 1.55. The summed E-state index contributed by atoms with van der Waals surface area (Å²) >= 11 is 0. The van der Waals surface area contributed by atoms with Crippen LogP contribution in [0.1, 0.15) is 23.7 Å². The van der Waals surface area contributed by atoms with Crippen molar-refractivity contribution in [3.8, 4) is 11.1 Å². The van der Waals surface area contributed by atoms with Gasteiger partial charge in [-0.05, 0) is 43.1 Å². The van der Waals surface area contributed by atoms with Gasteiger partial charge in [0.2, 0.25) is 0 Å². The van der Waals surface area contributed by atoms with Crippen LogP contribution in [0.4, 0.5) is 0 Å². The molecule has 4 rings (SSSR count). The fourth-order valence-corrected chi connectivity index (χ4v) is 3.97. The van der Waals surface area contributed by atoms with Gasteiger partial charge in [0, 0.05) is 43.7 Å². The molecule has 2 aromatic heterocycles. The Labute approximate surface area is 158 Å². The number of nitrogens with zero attached hydrogens (tertiary/aromatic N) is 6. The summed E-state index contributed by atoms with van der Waals surface area (Å²) in [6.45, 7) is 5.13. The first-order valence-electron chi connectivity index (χ1n) is 9.13. The molecule has 0 spiro atoms. The maximum absolute atomic E-state index is 13.0. The lowest BCUT2D eigenvalue weighted by Gasteiger charge is -2.30. The molecule has 7 heteroatoms. The Morgan fingerprint density at radius 3 is 2.93 bits per heavy atom. The molecule has 1 aromatic carbocycles. The van der Waals surface area contributed by atoms with Gasteiger partial charge in [-0.15, -0.1) is 0 Å². The van der Waals surface area contributed by atoms with E-state index in [4.69, 9.17) is 0 Å². The van der Waals surface area contributed by atoms with Crippen LogP contribution in [0.3, 0.4) is 0 Å². The fourth-order valence-electron chi connectivity index (χ4n) is 3.97. The first-order valence-corrected chi connectivity index (χ1v) is 9.13. The largest absolute Gasteiger partial charge is 0.341 e. The third-order valence-corrected chi connectivity index (χ3v) is 5.29. The van der Waals surface area contributed by atoms with Crippen molar-refractivity contribution >= 4 is 11.7 Å². The van der Waals surface area contributed by atoms with Gasteiger partial charge >= 0.3 is 0 Å². The van der Waals surface area contributed by atoms with Crippen molar-refractivity contribution in [3.05, 3.63) is 48.5 Å². The van der Waals surface area contributed by atoms with E-state index in [2.05, 4.69) is 33.9 Å². The van der Waals surface area contributed by atoms with E-state index in [-0.39, 0.29) is 11.3 Å². The Hall–Kier alpha value is -2.80. The second kappa shape index (κ2) is 6.74. The number of carbonyl (C=O) groups excluding carboxylic acids is 1. The number of hydrogen-bond donors (Lipinski definition) is 0. The second-order valence-electron chi connectivity index (χ2n) is 7.89. The molecule has 0 N–H and O–H groups in total. The summed E-state index contributed by atoms with van der Waals surface area (Å²) in [4.78, 5) is 25.5. The molecule has 0 bridgehead atoms. The first kappa shape index (κ1) is 17.6. The van der Waals surface area contributed by atoms with Crippen LogP contribution in [-0.2, 0) is 0 Å². The molecule has 0 aliphatic carbocycles. The number of aromatic nitrogens is 4. The third kappa shape index (κ3) is 3.55. The minimum Gasteiger partial charge on any atom is -0.341 e. The Morgan fingerprint density at radius 1 is 1.30 bits per heavy atom. The zero-order chi connectivity index (χ0) is 19.0. The van der Waals surface area contributed by atoms with Crippen LogP contribution in [0.25, 0.3) is 16.9 Å². The zero-order valence-corrected chi connectivity index (χ0v) is 16.0. The Kier molecular flexibility index (Phi) is 4.39. The molecular formula is C20H24N6O. The SMILES string of the molecule is CN1CC[C@@](C)(CN(C)C(=O)c2cccc(-c3cnc4ncnn4c3)c2)C1. The third-order valence-electron chi connectivity index (χ3n) is 5.29. The van der Waals surface area contributed by atoms with Crippen molar-refractivity contribution in [2.75, 3.05) is 33.7 Å². The highest BCUT2D eigenvalue weighted by Crippen LogP contribution is 2.30. The Morgan fingerprint density at radius 2 is 2.15 bits per heavy atom. The molecule has 1 fully saturated rings. The molecule has 1 aliphatic rings. The van der Waals surface area contributed by atoms with Gasteiger partial charge in [0.05, 0.1) is 0 Å². The maximum atomic E-state index is 13.0. The van der Waals surface area contributed by atoms with Crippen molar-refractivity contribution in [1.82, 2.24) is 29.4 Å². The van der Waals surface area contributed by atoms with E-state index < -0.39 is 0 Å². The predicted molar refractivity (Wildman–Crippen MR) is 103 cm³/mol. The van der Waals surface area contributed by atoms with Crippen LogP contribution in [0.5, 0.6) is 0 Å². The van der Waals surface area contributed by atoms with E-state index in [1.807, 2.05) is 42.4 Å². The zero-order valence-electron chi connectivity index (χ0n) is 16.0. The molecule has 0 unspecified atom stereocenters. The molecule has 7 nitrogen and oxygen atoms in total. The number of rotatable bonds is 4. The molecule has 1 saturated heterocycles. The van der Waals surface area contributed by atoms with Crippen LogP contribution >= 0.6 is 0 Å². The van der Waals surface area contributed by atoms with Crippen LogP contribution in [0.15, 0.2) is 43.0 Å². The van der Waals surface area contributed by atoms with E-state index in [9.17, 15) is 4.79 Å². The van der Waals surface area contributed by atoms with Gasteiger partial charge in [0.15, 0.2) is 0 Å². The smallest absolute Gasteiger partial charge is 0.253 e. The highest BCUT2D eigenvalue weighted by molar-refractivity contribution is 5.95. The first-order chi connectivity index (χ1) is 12.9. The number of carbonyl (C=O) groups is 1. The van der Waals surface area contributed by atoms with Gasteiger partial charge in [0.1, 0.15) is 6.33 Å². The summed E-state index contributed by atoms with van der Waals surface area (Å²) in [6, 6.07) is 7.67. The Bertz CT molecular complexity index is 983. The molecule has 3 aromatic rings. The number of hydrogen-bond acceptors (Lipinski definition) is 5. The van der Waals surface area contributed by atoms with Crippen molar-refractivity contribution in [3.63, 3.8) is 0 Å². The molecule has 140 valence electrons. The average molecular weight is 364 g/mol. The fraction of sp³-hybridized carbons (Fsp3) is 0.400. The molecule has 1 amide bonds. The van der Waals surface area contributed by atoms with Crippen LogP contribution in [0.2, 0.25) is 0 Å². The maximum Gasteiger partial charge on any atom is 0.253 e. The standard InChI is InChI=1S/C20H24N6O/c1-20(7-8-24(2)12-20)13-25(3)18(27)16-6-4-5-15(9-16)17-10-21-19-22-14-23-26(19)11-17/h4-6,9-11,14H,7-8,12-13H2,1-3H3/t20-/m1/s1. The number of amides is 1. The van der Waals surface area contributed by atoms with E-state index in [0.29, 0.717) is 11.3 Å². The normalized spacial score (nSPS) is 20.3. The lowest BCUT2D eigenvalue weighted by Crippen LogP contribution is -2.38. The summed E-state index contributed by atoms with van der Waals surface area (Å²) in [5.41, 5.74) is 2.67. The van der Waals surface area contributed by atoms with Gasteiger partial charge < -0.3 is 9.80 Å². The molecule has 1 atom stereocenters. The van der Waals surface area contributed by atoms with Gasteiger partial charge in [-0.2, -0.15) is 10.1 Å². The molecular weight excluding hydrogens is 340 g/mol. The topological polar surface area (TPSA) is 66.6 Å². The van der Waals surface area contributed by atoms with Crippen molar-refractivity contribution < 1.29 is 4.79 Å². The molecule has 1 aliphatic heterocycles. The van der Waals surface area contributed by atoms with E-state index in [1.54, 1.807) is 10.7 Å². The van der Waals surface area contributed by atoms with Gasteiger partial charge in [-0.25, -0.2) is 9.50 Å². The van der Waals surface area contributed by atoms with E-state index in [0.717, 1.165) is 37.2 Å². The lowest BCUT2D eigenvalue weighted by atomic mass is 9.89. The van der Waals surface area contributed by atoms with Crippen molar-refractivity contribution in [2.45, 2.75) is 13.3 Å². The van der Waals surface area contributed by atoms with Crippen LogP contribution < -0.4 is 0 Å². The molecule has 27 heavy (non-hydrogen) atoms. The second-order valence-corrected chi connectivity index (χ2v) is 7.89. The molecule has 3 heterocycles.